The molecule has 1 rings (SSSR count). The highest BCUT2D eigenvalue weighted by Gasteiger charge is 1.94. The van der Waals surface area contributed by atoms with Crippen molar-refractivity contribution in [3.8, 4) is 0 Å². The third-order valence-corrected chi connectivity index (χ3v) is 1.52. The molecule has 0 spiro atoms. The Morgan fingerprint density at radius 1 is 1.38 bits per heavy atom. The highest BCUT2D eigenvalue weighted by Crippen LogP contribution is 2.00. The van der Waals surface area contributed by atoms with Gasteiger partial charge in [-0.05, 0) is 38.1 Å². The van der Waals surface area contributed by atoms with Gasteiger partial charge in [0.1, 0.15) is 5.78 Å². The van der Waals surface area contributed by atoms with Crippen LogP contribution in [0.2, 0.25) is 0 Å². The molecule has 0 aliphatic heterocycles. The number of hydrogen-bond acceptors (Lipinski definition) is 3. The van der Waals surface area contributed by atoms with Crippen LogP contribution in [0.25, 0.3) is 0 Å². The summed E-state index contributed by atoms with van der Waals surface area (Å²) in [5, 5.41) is 0. The van der Waals surface area contributed by atoms with Crippen molar-refractivity contribution < 1.29 is 4.79 Å². The molecule has 0 saturated carbocycles. The van der Waals surface area contributed by atoms with Gasteiger partial charge in [0.2, 0.25) is 0 Å². The Hall–Kier alpha value is -1.22. The van der Waals surface area contributed by atoms with Crippen LogP contribution in [0.1, 0.15) is 18.9 Å². The number of nitrogens with two attached hydrogens (primary N) is 1. The standard InChI is InChI=1S/C9H11NO.CH5N/c1-8(11)2-3-9-4-6-10-7-5-9;1-2/h4-7H,2-3H2,1H3;2H2,1H3. The van der Waals surface area contributed by atoms with Crippen LogP contribution in [0, 0.1) is 0 Å². The lowest BCUT2D eigenvalue weighted by molar-refractivity contribution is -0.116. The van der Waals surface area contributed by atoms with E-state index in [1.54, 1.807) is 19.3 Å². The van der Waals surface area contributed by atoms with Crippen LogP contribution in [0.5, 0.6) is 0 Å². The smallest absolute Gasteiger partial charge is 0.130 e. The molecule has 1 heterocycles. The number of aromatic nitrogens is 1. The Labute approximate surface area is 79.0 Å². The number of carbonyl (C=O) groups excluding carboxylic acids is 1. The zero-order chi connectivity index (χ0) is 10.1. The van der Waals surface area contributed by atoms with Gasteiger partial charge in [-0.1, -0.05) is 0 Å². The SMILES string of the molecule is CC(=O)CCc1ccncc1.CN. The van der Waals surface area contributed by atoms with Gasteiger partial charge in [-0.3, -0.25) is 4.98 Å². The summed E-state index contributed by atoms with van der Waals surface area (Å²) in [7, 11) is 1.50. The highest BCUT2D eigenvalue weighted by molar-refractivity contribution is 5.75. The van der Waals surface area contributed by atoms with Gasteiger partial charge in [0.05, 0.1) is 0 Å². The Bertz CT molecular complexity index is 234. The first-order valence-electron chi connectivity index (χ1n) is 4.25. The summed E-state index contributed by atoms with van der Waals surface area (Å²) >= 11 is 0. The molecule has 0 amide bonds. The van der Waals surface area contributed by atoms with E-state index in [1.807, 2.05) is 12.1 Å². The molecule has 0 fully saturated rings. The predicted octanol–water partition coefficient (Wildman–Crippen LogP) is 1.18. The van der Waals surface area contributed by atoms with Crippen LogP contribution in [0.3, 0.4) is 0 Å². The van der Waals surface area contributed by atoms with Gasteiger partial charge in [0.25, 0.3) is 0 Å². The summed E-state index contributed by atoms with van der Waals surface area (Å²) in [5.74, 6) is 0.238. The first-order valence-corrected chi connectivity index (χ1v) is 4.25. The molecule has 0 unspecified atom stereocenters. The molecule has 0 aliphatic carbocycles. The Kier molecular flexibility index (Phi) is 6.73. The summed E-state index contributed by atoms with van der Waals surface area (Å²) in [6.07, 6.45) is 4.95. The van der Waals surface area contributed by atoms with Gasteiger partial charge in [0.15, 0.2) is 0 Å². The maximum absolute atomic E-state index is 10.6. The van der Waals surface area contributed by atoms with Gasteiger partial charge in [0, 0.05) is 18.8 Å². The van der Waals surface area contributed by atoms with Crippen molar-refractivity contribution >= 4 is 5.78 Å². The lowest BCUT2D eigenvalue weighted by Crippen LogP contribution is -1.93. The van der Waals surface area contributed by atoms with E-state index in [9.17, 15) is 4.79 Å². The summed E-state index contributed by atoms with van der Waals surface area (Å²) in [6.45, 7) is 1.61. The Balaban J connectivity index is 0.000000671. The van der Waals surface area contributed by atoms with Crippen LogP contribution in [0.4, 0.5) is 0 Å². The van der Waals surface area contributed by atoms with E-state index in [2.05, 4.69) is 10.7 Å². The molecule has 2 N–H and O–H groups in total. The third-order valence-electron chi connectivity index (χ3n) is 1.52. The van der Waals surface area contributed by atoms with Crippen LogP contribution in [-0.4, -0.2) is 17.8 Å². The molecule has 0 bridgehead atoms. The summed E-state index contributed by atoms with van der Waals surface area (Å²) in [4.78, 5) is 14.5. The van der Waals surface area contributed by atoms with E-state index >= 15 is 0 Å². The maximum Gasteiger partial charge on any atom is 0.130 e. The molecule has 13 heavy (non-hydrogen) atoms. The van der Waals surface area contributed by atoms with Gasteiger partial charge in [-0.2, -0.15) is 0 Å². The van der Waals surface area contributed by atoms with Gasteiger partial charge < -0.3 is 10.5 Å². The minimum Gasteiger partial charge on any atom is -0.333 e. The molecule has 72 valence electrons. The van der Waals surface area contributed by atoms with Crippen molar-refractivity contribution in [1.29, 1.82) is 0 Å². The van der Waals surface area contributed by atoms with Gasteiger partial charge >= 0.3 is 0 Å². The fraction of sp³-hybridized carbons (Fsp3) is 0.400. The second-order valence-electron chi connectivity index (χ2n) is 2.56. The first kappa shape index (κ1) is 11.8. The highest BCUT2D eigenvalue weighted by atomic mass is 16.1. The lowest BCUT2D eigenvalue weighted by atomic mass is 10.1. The monoisotopic (exact) mass is 180 g/mol. The number of hydrogen-bond donors (Lipinski definition) is 1. The quantitative estimate of drug-likeness (QED) is 0.759. The van der Waals surface area contributed by atoms with Gasteiger partial charge in [-0.25, -0.2) is 0 Å². The summed E-state index contributed by atoms with van der Waals surface area (Å²) in [5.41, 5.74) is 5.68. The van der Waals surface area contributed by atoms with Crippen LogP contribution in [0.15, 0.2) is 24.5 Å². The molecular formula is C10H16N2O. The molecule has 0 atom stereocenters. The van der Waals surface area contributed by atoms with E-state index in [1.165, 1.54) is 12.6 Å². The molecule has 0 saturated heterocycles. The number of pyridine rings is 1. The third kappa shape index (κ3) is 5.99. The van der Waals surface area contributed by atoms with Crippen LogP contribution >= 0.6 is 0 Å². The molecule has 1 aromatic rings. The molecule has 3 heteroatoms. The Morgan fingerprint density at radius 2 is 1.92 bits per heavy atom. The molecular weight excluding hydrogens is 164 g/mol. The number of aryl methyl sites for hydroxylation is 1. The number of nitrogens with zero attached hydrogens (tertiary/aromatic N) is 1. The van der Waals surface area contributed by atoms with E-state index in [4.69, 9.17) is 0 Å². The van der Waals surface area contributed by atoms with Crippen LogP contribution < -0.4 is 5.73 Å². The van der Waals surface area contributed by atoms with Crippen molar-refractivity contribution in [2.24, 2.45) is 5.73 Å². The molecule has 0 aromatic carbocycles. The largest absolute Gasteiger partial charge is 0.333 e. The zero-order valence-electron chi connectivity index (χ0n) is 8.16. The average Bonchev–Trinajstić information content (AvgIpc) is 2.19. The minimum absolute atomic E-state index is 0.238. The second kappa shape index (κ2) is 7.43. The molecule has 1 aromatic heterocycles. The van der Waals surface area contributed by atoms with Crippen molar-refractivity contribution in [1.82, 2.24) is 4.98 Å². The summed E-state index contributed by atoms with van der Waals surface area (Å²) in [6, 6.07) is 3.87. The van der Waals surface area contributed by atoms with Crippen molar-refractivity contribution in [3.63, 3.8) is 0 Å². The summed E-state index contributed by atoms with van der Waals surface area (Å²) < 4.78 is 0. The Morgan fingerprint density at radius 3 is 2.38 bits per heavy atom. The topological polar surface area (TPSA) is 56.0 Å². The zero-order valence-corrected chi connectivity index (χ0v) is 8.16. The lowest BCUT2D eigenvalue weighted by Gasteiger charge is -1.95. The fourth-order valence-corrected chi connectivity index (χ4v) is 0.870. The molecule has 0 radical (unpaired) electrons. The predicted molar refractivity (Wildman–Crippen MR) is 53.4 cm³/mol. The van der Waals surface area contributed by atoms with Crippen molar-refractivity contribution in [3.05, 3.63) is 30.1 Å². The maximum atomic E-state index is 10.6. The van der Waals surface area contributed by atoms with Gasteiger partial charge in [-0.15, -0.1) is 0 Å². The van der Waals surface area contributed by atoms with Crippen LogP contribution in [-0.2, 0) is 11.2 Å². The van der Waals surface area contributed by atoms with Crippen molar-refractivity contribution in [2.75, 3.05) is 7.05 Å². The van der Waals surface area contributed by atoms with E-state index in [0.29, 0.717) is 6.42 Å². The second-order valence-corrected chi connectivity index (χ2v) is 2.56. The number of rotatable bonds is 3. The average molecular weight is 180 g/mol. The molecule has 3 nitrogen and oxygen atoms in total. The van der Waals surface area contributed by atoms with E-state index in [-0.39, 0.29) is 5.78 Å². The van der Waals surface area contributed by atoms with Crippen molar-refractivity contribution in [2.45, 2.75) is 19.8 Å². The van der Waals surface area contributed by atoms with E-state index in [0.717, 1.165) is 6.42 Å². The fourth-order valence-electron chi connectivity index (χ4n) is 0.870. The number of Topliss-reactive ketones (excluding diaryl/α,β-unsaturated/α-hetero) is 1. The number of ketones is 1. The molecule has 0 aliphatic rings. The normalized spacial score (nSPS) is 8.54. The minimum atomic E-state index is 0.238. The first-order chi connectivity index (χ1) is 6.29. The number of carbonyl (C=O) groups is 1. The van der Waals surface area contributed by atoms with E-state index < -0.39 is 0 Å².